The van der Waals surface area contributed by atoms with Gasteiger partial charge in [0.2, 0.25) is 5.91 Å². The van der Waals surface area contributed by atoms with Crippen molar-refractivity contribution < 1.29 is 9.72 Å². The van der Waals surface area contributed by atoms with Crippen LogP contribution < -0.4 is 5.32 Å². The monoisotopic (exact) mass is 394 g/mol. The first-order valence-corrected chi connectivity index (χ1v) is 8.10. The van der Waals surface area contributed by atoms with Gasteiger partial charge in [0.25, 0.3) is 0 Å². The summed E-state index contributed by atoms with van der Waals surface area (Å²) in [7, 11) is 0. The Bertz CT molecular complexity index is 968. The van der Waals surface area contributed by atoms with Crippen molar-refractivity contribution in [3.05, 3.63) is 68.6 Å². The Labute approximate surface area is 157 Å². The molecular weight excluding hydrogens is 383 g/mol. The van der Waals surface area contributed by atoms with Crippen molar-refractivity contribution in [3.63, 3.8) is 0 Å². The van der Waals surface area contributed by atoms with E-state index < -0.39 is 4.92 Å². The van der Waals surface area contributed by atoms with Crippen LogP contribution in [-0.4, -0.2) is 30.4 Å². The largest absolute Gasteiger partial charge is 0.389 e. The number of aromatic nitrogens is 4. The highest BCUT2D eigenvalue weighted by Crippen LogP contribution is 2.23. The van der Waals surface area contributed by atoms with Gasteiger partial charge in [-0.25, -0.2) is 0 Å². The molecule has 3 aromatic rings. The van der Waals surface area contributed by atoms with Gasteiger partial charge < -0.3 is 15.4 Å². The summed E-state index contributed by atoms with van der Waals surface area (Å²) in [5.41, 5.74) is 1.40. The summed E-state index contributed by atoms with van der Waals surface area (Å²) in [6.45, 7) is 0.309. The number of anilines is 1. The summed E-state index contributed by atoms with van der Waals surface area (Å²) in [6, 6.07) is 6.50. The molecule has 0 fully saturated rings. The number of rotatable bonds is 6. The van der Waals surface area contributed by atoms with E-state index in [-0.39, 0.29) is 18.3 Å². The van der Waals surface area contributed by atoms with Crippen LogP contribution in [0.4, 0.5) is 11.5 Å². The molecule has 2 heterocycles. The van der Waals surface area contributed by atoms with Crippen LogP contribution in [0.3, 0.4) is 0 Å². The van der Waals surface area contributed by atoms with Crippen molar-refractivity contribution in [2.45, 2.75) is 13.1 Å². The molecule has 0 bridgehead atoms. The lowest BCUT2D eigenvalue weighted by Crippen LogP contribution is -2.18. The average molecular weight is 395 g/mol. The SMILES string of the molecule is O=C(Cn1ccc([N+](=O)[O-])n1)Nc1cnn(Cc2ccc(Cl)c(Cl)c2)c1. The minimum atomic E-state index is -0.624. The molecule has 0 aliphatic heterocycles. The van der Waals surface area contributed by atoms with Crippen molar-refractivity contribution in [1.82, 2.24) is 19.6 Å². The van der Waals surface area contributed by atoms with Crippen LogP contribution in [-0.2, 0) is 17.9 Å². The molecule has 0 atom stereocenters. The predicted molar refractivity (Wildman–Crippen MR) is 95.3 cm³/mol. The molecule has 0 spiro atoms. The smallest absolute Gasteiger partial charge is 0.358 e. The Morgan fingerprint density at radius 3 is 2.73 bits per heavy atom. The number of carbonyl (C=O) groups excluding carboxylic acids is 1. The van der Waals surface area contributed by atoms with E-state index in [9.17, 15) is 14.9 Å². The summed E-state index contributed by atoms with van der Waals surface area (Å²) in [4.78, 5) is 22.0. The Morgan fingerprint density at radius 1 is 1.23 bits per heavy atom. The number of nitro groups is 1. The second kappa shape index (κ2) is 7.54. The Kier molecular flexibility index (Phi) is 5.19. The zero-order valence-corrected chi connectivity index (χ0v) is 14.7. The molecule has 26 heavy (non-hydrogen) atoms. The van der Waals surface area contributed by atoms with E-state index in [1.165, 1.54) is 23.1 Å². The van der Waals surface area contributed by atoms with Gasteiger partial charge in [-0.2, -0.15) is 9.78 Å². The minimum absolute atomic E-state index is 0.147. The molecule has 134 valence electrons. The predicted octanol–water partition coefficient (Wildman–Crippen LogP) is 2.98. The van der Waals surface area contributed by atoms with Crippen LogP contribution in [0.5, 0.6) is 0 Å². The number of carbonyl (C=O) groups is 1. The molecule has 0 aliphatic rings. The van der Waals surface area contributed by atoms with Crippen LogP contribution in [0.1, 0.15) is 5.56 Å². The molecule has 1 aromatic carbocycles. The first kappa shape index (κ1) is 17.9. The zero-order valence-electron chi connectivity index (χ0n) is 13.2. The quantitative estimate of drug-likeness (QED) is 0.510. The van der Waals surface area contributed by atoms with E-state index in [4.69, 9.17) is 23.2 Å². The molecule has 0 saturated carbocycles. The Morgan fingerprint density at radius 2 is 2.04 bits per heavy atom. The number of hydrogen-bond acceptors (Lipinski definition) is 5. The number of hydrogen-bond donors (Lipinski definition) is 1. The number of halogens is 2. The lowest BCUT2D eigenvalue weighted by atomic mass is 10.2. The van der Waals surface area contributed by atoms with Crippen LogP contribution >= 0.6 is 23.2 Å². The van der Waals surface area contributed by atoms with E-state index in [1.54, 1.807) is 23.0 Å². The summed E-state index contributed by atoms with van der Waals surface area (Å²) in [5, 5.41) is 22.0. The third kappa shape index (κ3) is 4.38. The van der Waals surface area contributed by atoms with Crippen LogP contribution in [0, 0.1) is 10.1 Å². The van der Waals surface area contributed by atoms with E-state index in [0.717, 1.165) is 5.56 Å². The average Bonchev–Trinajstić information content (AvgIpc) is 3.21. The topological polar surface area (TPSA) is 108 Å². The summed E-state index contributed by atoms with van der Waals surface area (Å²) in [5.74, 6) is -0.690. The van der Waals surface area contributed by atoms with Crippen molar-refractivity contribution in [1.29, 1.82) is 0 Å². The number of amides is 1. The molecule has 0 aliphatic carbocycles. The highest BCUT2D eigenvalue weighted by atomic mass is 35.5. The van der Waals surface area contributed by atoms with Crippen molar-refractivity contribution in [2.24, 2.45) is 0 Å². The lowest BCUT2D eigenvalue weighted by molar-refractivity contribution is -0.389. The first-order chi connectivity index (χ1) is 12.4. The van der Waals surface area contributed by atoms with Gasteiger partial charge in [0.15, 0.2) is 0 Å². The normalized spacial score (nSPS) is 10.7. The van der Waals surface area contributed by atoms with Gasteiger partial charge in [0, 0.05) is 6.20 Å². The molecule has 0 unspecified atom stereocenters. The van der Waals surface area contributed by atoms with E-state index in [2.05, 4.69) is 15.5 Å². The van der Waals surface area contributed by atoms with Crippen molar-refractivity contribution in [2.75, 3.05) is 5.32 Å². The summed E-state index contributed by atoms with van der Waals surface area (Å²) < 4.78 is 2.82. The molecular formula is C15H12Cl2N6O3. The third-order valence-corrected chi connectivity index (χ3v) is 4.10. The van der Waals surface area contributed by atoms with Crippen molar-refractivity contribution >= 4 is 40.6 Å². The van der Waals surface area contributed by atoms with Gasteiger partial charge >= 0.3 is 5.82 Å². The van der Waals surface area contributed by atoms with Gasteiger partial charge in [-0.3, -0.25) is 9.48 Å². The minimum Gasteiger partial charge on any atom is -0.358 e. The Hall–Kier alpha value is -2.91. The van der Waals surface area contributed by atoms with Crippen molar-refractivity contribution in [3.8, 4) is 0 Å². The third-order valence-electron chi connectivity index (χ3n) is 3.36. The number of nitrogens with one attached hydrogen (secondary N) is 1. The maximum Gasteiger partial charge on any atom is 0.389 e. The van der Waals surface area contributed by atoms with E-state index in [0.29, 0.717) is 22.3 Å². The second-order valence-corrected chi connectivity index (χ2v) is 6.17. The first-order valence-electron chi connectivity index (χ1n) is 7.35. The fourth-order valence-electron chi connectivity index (χ4n) is 2.22. The zero-order chi connectivity index (χ0) is 18.7. The summed E-state index contributed by atoms with van der Waals surface area (Å²) >= 11 is 11.9. The van der Waals surface area contributed by atoms with Gasteiger partial charge in [-0.1, -0.05) is 29.3 Å². The highest BCUT2D eigenvalue weighted by molar-refractivity contribution is 6.42. The molecule has 0 saturated heterocycles. The fraction of sp³-hybridized carbons (Fsp3) is 0.133. The van der Waals surface area contributed by atoms with Gasteiger partial charge in [-0.15, -0.1) is 0 Å². The highest BCUT2D eigenvalue weighted by Gasteiger charge is 2.14. The van der Waals surface area contributed by atoms with Crippen LogP contribution in [0.15, 0.2) is 42.9 Å². The molecule has 11 heteroatoms. The standard InChI is InChI=1S/C15H12Cl2N6O3/c16-12-2-1-10(5-13(12)17)7-22-8-11(6-18-22)19-15(24)9-21-4-3-14(20-21)23(25)26/h1-6,8H,7,9H2,(H,19,24). The summed E-state index contributed by atoms with van der Waals surface area (Å²) in [6.07, 6.45) is 4.53. The lowest BCUT2D eigenvalue weighted by Gasteiger charge is -2.04. The second-order valence-electron chi connectivity index (χ2n) is 5.35. The molecule has 1 amide bonds. The molecule has 1 N–H and O–H groups in total. The maximum absolute atomic E-state index is 12.0. The van der Waals surface area contributed by atoms with Gasteiger partial charge in [-0.05, 0) is 22.6 Å². The van der Waals surface area contributed by atoms with Crippen LogP contribution in [0.2, 0.25) is 10.0 Å². The molecule has 2 aromatic heterocycles. The molecule has 3 rings (SSSR count). The Balaban J connectivity index is 1.59. The van der Waals surface area contributed by atoms with Gasteiger partial charge in [0.1, 0.15) is 6.54 Å². The van der Waals surface area contributed by atoms with E-state index in [1.807, 2.05) is 6.07 Å². The maximum atomic E-state index is 12.0. The van der Waals surface area contributed by atoms with Crippen LogP contribution in [0.25, 0.3) is 0 Å². The number of benzene rings is 1. The molecule has 0 radical (unpaired) electrons. The molecule has 9 nitrogen and oxygen atoms in total. The number of nitrogens with zero attached hydrogens (tertiary/aromatic N) is 5. The van der Waals surface area contributed by atoms with E-state index >= 15 is 0 Å². The fourth-order valence-corrected chi connectivity index (χ4v) is 2.54. The van der Waals surface area contributed by atoms with Gasteiger partial charge in [0.05, 0.1) is 45.8 Å².